The van der Waals surface area contributed by atoms with Crippen LogP contribution >= 0.6 is 12.6 Å². The topological polar surface area (TPSA) is 0 Å². The van der Waals surface area contributed by atoms with E-state index in [1.54, 1.807) is 0 Å². The predicted octanol–water partition coefficient (Wildman–Crippen LogP) is 15.8. The lowest BCUT2D eigenvalue weighted by atomic mass is 9.79. The molecule has 0 aliphatic rings. The lowest BCUT2D eigenvalue weighted by Crippen LogP contribution is -2.11. The third-order valence-corrected chi connectivity index (χ3v) is 11.9. The molecule has 0 fully saturated rings. The van der Waals surface area contributed by atoms with E-state index in [-0.39, 0.29) is 10.8 Å². The Balaban J connectivity index is 1.44. The molecule has 0 N–H and O–H groups in total. The molecule has 0 aromatic heterocycles. The number of unbranched alkanes of at least 4 members (excludes halogenated alkanes) is 7. The molecule has 1 heteroatoms. The van der Waals surface area contributed by atoms with Gasteiger partial charge in [0.15, 0.2) is 0 Å². The van der Waals surface area contributed by atoms with Gasteiger partial charge in [-0.3, -0.25) is 0 Å². The molecule has 7 rings (SSSR count). The first-order chi connectivity index (χ1) is 25.6. The molecular weight excluding hydrogens is 657 g/mol. The second-order valence-corrected chi connectivity index (χ2v) is 17.8. The molecule has 0 heterocycles. The monoisotopic (exact) mass is 714 g/mol. The third kappa shape index (κ3) is 7.65. The first kappa shape index (κ1) is 37.3. The summed E-state index contributed by atoms with van der Waals surface area (Å²) >= 11 is 4.38. The van der Waals surface area contributed by atoms with Crippen LogP contribution in [0, 0.1) is 0 Å². The van der Waals surface area contributed by atoms with Crippen LogP contribution in [0.1, 0.15) is 110 Å². The molecular formula is C52H58S. The highest BCUT2D eigenvalue weighted by molar-refractivity contribution is 7.80. The van der Waals surface area contributed by atoms with Crippen molar-refractivity contribution in [1.82, 2.24) is 0 Å². The number of rotatable bonds is 12. The summed E-state index contributed by atoms with van der Waals surface area (Å²) in [6.45, 7) is 13.9. The second-order valence-electron chi connectivity index (χ2n) is 17.4. The highest BCUT2D eigenvalue weighted by atomic mass is 32.1. The van der Waals surface area contributed by atoms with E-state index in [1.165, 1.54) is 133 Å². The maximum atomic E-state index is 4.38. The molecule has 0 spiro atoms. The van der Waals surface area contributed by atoms with Gasteiger partial charge in [0.25, 0.3) is 0 Å². The Morgan fingerprint density at radius 3 is 1.26 bits per heavy atom. The summed E-state index contributed by atoms with van der Waals surface area (Å²) in [5.41, 5.74) is 9.68. The molecule has 0 radical (unpaired) electrons. The zero-order chi connectivity index (χ0) is 37.2. The zero-order valence-corrected chi connectivity index (χ0v) is 33.9. The van der Waals surface area contributed by atoms with E-state index in [9.17, 15) is 0 Å². The third-order valence-electron chi connectivity index (χ3n) is 11.6. The van der Waals surface area contributed by atoms with Crippen LogP contribution in [0.2, 0.25) is 0 Å². The standard InChI is InChI=1S/C52H58S/c1-51(2,3)37-30-28-36(29-31-37)48-44-26-18-19-27-45(44)50(46-33-32-38(35-47(46)48)52(4,5)6)49-42-24-16-14-22-40(42)39(41-23-15-17-25-43(41)49)21-13-11-9-7-8-10-12-20-34-53/h14-19,22-33,35,53H,7-13,20-21,34H2,1-6H3. The Hall–Kier alpha value is -4.07. The van der Waals surface area contributed by atoms with Gasteiger partial charge in [0.05, 0.1) is 0 Å². The highest BCUT2D eigenvalue weighted by Crippen LogP contribution is 2.49. The van der Waals surface area contributed by atoms with Crippen LogP contribution < -0.4 is 0 Å². The van der Waals surface area contributed by atoms with Crippen molar-refractivity contribution in [1.29, 1.82) is 0 Å². The van der Waals surface area contributed by atoms with Crippen molar-refractivity contribution in [2.24, 2.45) is 0 Å². The van der Waals surface area contributed by atoms with Crippen LogP contribution in [0.4, 0.5) is 0 Å². The van der Waals surface area contributed by atoms with E-state index in [0.29, 0.717) is 0 Å². The summed E-state index contributed by atoms with van der Waals surface area (Å²) in [6.07, 6.45) is 11.6. The molecule has 53 heavy (non-hydrogen) atoms. The van der Waals surface area contributed by atoms with E-state index in [4.69, 9.17) is 0 Å². The van der Waals surface area contributed by atoms with E-state index < -0.39 is 0 Å². The fraction of sp³-hybridized carbons (Fsp3) is 0.346. The molecule has 0 aliphatic carbocycles. The number of thiol groups is 1. The summed E-state index contributed by atoms with van der Waals surface area (Å²) in [6, 6.07) is 44.4. The average Bonchev–Trinajstić information content (AvgIpc) is 3.15. The lowest BCUT2D eigenvalue weighted by Gasteiger charge is -2.25. The number of benzene rings is 7. The summed E-state index contributed by atoms with van der Waals surface area (Å²) in [5.74, 6) is 1.02. The Labute approximate surface area is 324 Å². The normalized spacial score (nSPS) is 12.4. The van der Waals surface area contributed by atoms with Crippen LogP contribution in [-0.2, 0) is 17.3 Å². The first-order valence-corrected chi connectivity index (χ1v) is 20.8. The number of fused-ring (bicyclic) bond motifs is 4. The molecule has 0 amide bonds. The molecule has 7 aromatic carbocycles. The highest BCUT2D eigenvalue weighted by Gasteiger charge is 2.24. The van der Waals surface area contributed by atoms with Gasteiger partial charge in [0.1, 0.15) is 0 Å². The van der Waals surface area contributed by atoms with Gasteiger partial charge in [-0.05, 0) is 124 Å². The van der Waals surface area contributed by atoms with Crippen molar-refractivity contribution in [2.75, 3.05) is 5.75 Å². The number of hydrogen-bond donors (Lipinski definition) is 1. The average molecular weight is 715 g/mol. The molecule has 0 unspecified atom stereocenters. The molecule has 0 aliphatic heterocycles. The Kier molecular flexibility index (Phi) is 11.1. The number of hydrogen-bond acceptors (Lipinski definition) is 1. The van der Waals surface area contributed by atoms with Crippen LogP contribution in [0.5, 0.6) is 0 Å². The smallest absolute Gasteiger partial charge is 0.00139 e. The second kappa shape index (κ2) is 15.7. The molecule has 0 atom stereocenters. The van der Waals surface area contributed by atoms with Crippen LogP contribution in [0.15, 0.2) is 115 Å². The van der Waals surface area contributed by atoms with Gasteiger partial charge in [-0.2, -0.15) is 12.6 Å². The quantitative estimate of drug-likeness (QED) is 0.0727. The Morgan fingerprint density at radius 1 is 0.377 bits per heavy atom. The van der Waals surface area contributed by atoms with E-state index in [0.717, 1.165) is 12.2 Å². The fourth-order valence-electron chi connectivity index (χ4n) is 8.59. The van der Waals surface area contributed by atoms with Crippen LogP contribution in [0.3, 0.4) is 0 Å². The van der Waals surface area contributed by atoms with Gasteiger partial charge in [-0.15, -0.1) is 0 Å². The fourth-order valence-corrected chi connectivity index (χ4v) is 8.82. The largest absolute Gasteiger partial charge is 0.179 e. The Morgan fingerprint density at radius 2 is 0.774 bits per heavy atom. The SMILES string of the molecule is CC(C)(C)c1ccc(-c2c3ccccc3c(-c3c4ccccc4c(CCCCCCCCCCS)c4ccccc34)c3ccc(C(C)(C)C)cc23)cc1. The van der Waals surface area contributed by atoms with E-state index in [1.807, 2.05) is 0 Å². The Bertz CT molecular complexity index is 2300. The van der Waals surface area contributed by atoms with E-state index >= 15 is 0 Å². The maximum absolute atomic E-state index is 4.38. The van der Waals surface area contributed by atoms with Crippen LogP contribution in [0.25, 0.3) is 65.3 Å². The van der Waals surface area contributed by atoms with Crippen molar-refractivity contribution >= 4 is 55.7 Å². The van der Waals surface area contributed by atoms with Crippen LogP contribution in [-0.4, -0.2) is 5.75 Å². The van der Waals surface area contributed by atoms with Gasteiger partial charge < -0.3 is 0 Å². The summed E-state index contributed by atoms with van der Waals surface area (Å²) in [7, 11) is 0. The molecule has 0 saturated heterocycles. The summed E-state index contributed by atoms with van der Waals surface area (Å²) in [4.78, 5) is 0. The minimum Gasteiger partial charge on any atom is -0.179 e. The van der Waals surface area contributed by atoms with Gasteiger partial charge in [0, 0.05) is 0 Å². The molecule has 0 nitrogen and oxygen atoms in total. The first-order valence-electron chi connectivity index (χ1n) is 20.2. The van der Waals surface area contributed by atoms with E-state index in [2.05, 4.69) is 169 Å². The van der Waals surface area contributed by atoms with Crippen molar-refractivity contribution < 1.29 is 0 Å². The van der Waals surface area contributed by atoms with Gasteiger partial charge in [0.2, 0.25) is 0 Å². The minimum atomic E-state index is 0.0284. The molecule has 272 valence electrons. The zero-order valence-electron chi connectivity index (χ0n) is 33.0. The lowest BCUT2D eigenvalue weighted by molar-refractivity contribution is 0.577. The number of aryl methyl sites for hydroxylation is 1. The summed E-state index contributed by atoms with van der Waals surface area (Å²) in [5, 5.41) is 10.8. The summed E-state index contributed by atoms with van der Waals surface area (Å²) < 4.78 is 0. The predicted molar refractivity (Wildman–Crippen MR) is 239 cm³/mol. The minimum absolute atomic E-state index is 0.0284. The molecule has 7 aromatic rings. The maximum Gasteiger partial charge on any atom is -0.00139 e. The van der Waals surface area contributed by atoms with Crippen molar-refractivity contribution in [2.45, 2.75) is 110 Å². The molecule has 0 saturated carbocycles. The van der Waals surface area contributed by atoms with Gasteiger partial charge in [-0.25, -0.2) is 0 Å². The van der Waals surface area contributed by atoms with Crippen molar-refractivity contribution in [3.8, 4) is 22.3 Å². The van der Waals surface area contributed by atoms with Crippen molar-refractivity contribution in [3.63, 3.8) is 0 Å². The molecule has 0 bridgehead atoms. The van der Waals surface area contributed by atoms with Gasteiger partial charge in [-0.1, -0.05) is 189 Å². The van der Waals surface area contributed by atoms with Gasteiger partial charge >= 0.3 is 0 Å². The van der Waals surface area contributed by atoms with Crippen molar-refractivity contribution in [3.05, 3.63) is 132 Å².